The van der Waals surface area contributed by atoms with Gasteiger partial charge in [-0.1, -0.05) is 17.8 Å². The topological polar surface area (TPSA) is 81.2 Å². The molecule has 0 bridgehead atoms. The van der Waals surface area contributed by atoms with Crippen LogP contribution in [0.15, 0.2) is 41.4 Å². The Morgan fingerprint density at radius 2 is 2.04 bits per heavy atom. The average Bonchev–Trinajstić information content (AvgIpc) is 2.55. The highest BCUT2D eigenvalue weighted by atomic mass is 32.2. The smallest absolute Gasteiger partial charge is 0.318 e. The first-order valence-electron chi connectivity index (χ1n) is 6.64. The normalized spacial score (nSPS) is 11.6. The van der Waals surface area contributed by atoms with Gasteiger partial charge in [0, 0.05) is 5.56 Å². The van der Waals surface area contributed by atoms with E-state index in [9.17, 15) is 14.0 Å². The van der Waals surface area contributed by atoms with Crippen molar-refractivity contribution in [2.45, 2.75) is 17.2 Å². The molecule has 0 radical (unpaired) electrons. The van der Waals surface area contributed by atoms with Gasteiger partial charge in [-0.25, -0.2) is 4.39 Å². The molecular formula is C15H14FN3O3S. The van der Waals surface area contributed by atoms with Crippen LogP contribution in [0, 0.1) is 5.82 Å². The van der Waals surface area contributed by atoms with Crippen LogP contribution < -0.4 is 5.32 Å². The van der Waals surface area contributed by atoms with Gasteiger partial charge in [0.2, 0.25) is 0 Å². The van der Waals surface area contributed by atoms with Crippen LogP contribution in [0.3, 0.4) is 0 Å². The van der Waals surface area contributed by atoms with Gasteiger partial charge in [0.15, 0.2) is 5.82 Å². The van der Waals surface area contributed by atoms with Crippen molar-refractivity contribution in [1.82, 2.24) is 10.2 Å². The molecule has 1 unspecified atom stereocenters. The SMILES string of the molecule is COC(=O)C(C)Sc1ccc(NC(=O)c2cccc(F)c2)nn1. The highest BCUT2D eigenvalue weighted by molar-refractivity contribution is 8.00. The van der Waals surface area contributed by atoms with Gasteiger partial charge in [-0.05, 0) is 37.3 Å². The van der Waals surface area contributed by atoms with Crippen molar-refractivity contribution in [3.8, 4) is 0 Å². The lowest BCUT2D eigenvalue weighted by Crippen LogP contribution is -2.15. The van der Waals surface area contributed by atoms with Crippen LogP contribution in [0.25, 0.3) is 0 Å². The highest BCUT2D eigenvalue weighted by Gasteiger charge is 2.15. The fourth-order valence-electron chi connectivity index (χ4n) is 1.66. The number of methoxy groups -OCH3 is 1. The predicted molar refractivity (Wildman–Crippen MR) is 83.7 cm³/mol. The van der Waals surface area contributed by atoms with E-state index in [4.69, 9.17) is 0 Å². The maximum atomic E-state index is 13.1. The van der Waals surface area contributed by atoms with Crippen molar-refractivity contribution in [3.05, 3.63) is 47.8 Å². The number of carbonyl (C=O) groups excluding carboxylic acids is 2. The number of hydrogen-bond acceptors (Lipinski definition) is 6. The summed E-state index contributed by atoms with van der Waals surface area (Å²) >= 11 is 1.19. The Kier molecular flexibility index (Phi) is 5.64. The molecule has 0 aliphatic carbocycles. The Hall–Kier alpha value is -2.48. The summed E-state index contributed by atoms with van der Waals surface area (Å²) < 4.78 is 17.7. The quantitative estimate of drug-likeness (QED) is 0.668. The number of benzene rings is 1. The molecular weight excluding hydrogens is 321 g/mol. The van der Waals surface area contributed by atoms with Crippen LogP contribution in [0.1, 0.15) is 17.3 Å². The zero-order valence-electron chi connectivity index (χ0n) is 12.4. The van der Waals surface area contributed by atoms with Crippen LogP contribution >= 0.6 is 11.8 Å². The third-order valence-electron chi connectivity index (χ3n) is 2.80. The molecule has 0 aliphatic rings. The van der Waals surface area contributed by atoms with Crippen LogP contribution in [-0.4, -0.2) is 34.4 Å². The lowest BCUT2D eigenvalue weighted by molar-refractivity contribution is -0.139. The maximum absolute atomic E-state index is 13.1. The van der Waals surface area contributed by atoms with Gasteiger partial charge in [0.1, 0.15) is 16.1 Å². The maximum Gasteiger partial charge on any atom is 0.318 e. The predicted octanol–water partition coefficient (Wildman–Crippen LogP) is 2.52. The second-order valence-corrected chi connectivity index (χ2v) is 5.87. The molecule has 2 rings (SSSR count). The minimum atomic E-state index is -0.493. The Balaban J connectivity index is 2.00. The van der Waals surface area contributed by atoms with Crippen molar-refractivity contribution in [1.29, 1.82) is 0 Å². The van der Waals surface area contributed by atoms with Crippen molar-refractivity contribution in [3.63, 3.8) is 0 Å². The molecule has 2 aromatic rings. The van der Waals surface area contributed by atoms with Crippen molar-refractivity contribution in [2.24, 2.45) is 0 Å². The molecule has 1 aromatic heterocycles. The zero-order valence-corrected chi connectivity index (χ0v) is 13.3. The molecule has 0 aliphatic heterocycles. The van der Waals surface area contributed by atoms with Crippen LogP contribution in [0.5, 0.6) is 0 Å². The molecule has 1 amide bonds. The molecule has 8 heteroatoms. The van der Waals surface area contributed by atoms with E-state index in [2.05, 4.69) is 20.3 Å². The van der Waals surface area contributed by atoms with E-state index in [1.54, 1.807) is 19.1 Å². The number of ether oxygens (including phenoxy) is 1. The summed E-state index contributed by atoms with van der Waals surface area (Å²) in [6.07, 6.45) is 0. The van der Waals surface area contributed by atoms with Gasteiger partial charge in [-0.15, -0.1) is 10.2 Å². The van der Waals surface area contributed by atoms with Crippen molar-refractivity contribution in [2.75, 3.05) is 12.4 Å². The number of nitrogens with one attached hydrogen (secondary N) is 1. The number of esters is 1. The summed E-state index contributed by atoms with van der Waals surface area (Å²) in [5.41, 5.74) is 0.185. The minimum Gasteiger partial charge on any atom is -0.468 e. The van der Waals surface area contributed by atoms with Crippen molar-refractivity contribution >= 4 is 29.5 Å². The minimum absolute atomic E-state index is 0.185. The molecule has 6 nitrogen and oxygen atoms in total. The monoisotopic (exact) mass is 335 g/mol. The molecule has 1 heterocycles. The summed E-state index contributed by atoms with van der Waals surface area (Å²) in [7, 11) is 1.32. The number of rotatable bonds is 5. The van der Waals surface area contributed by atoms with E-state index in [1.807, 2.05) is 0 Å². The molecule has 1 atom stereocenters. The molecule has 0 fully saturated rings. The molecule has 120 valence electrons. The van der Waals surface area contributed by atoms with E-state index in [0.29, 0.717) is 5.03 Å². The summed E-state index contributed by atoms with van der Waals surface area (Å²) in [4.78, 5) is 23.3. The number of amides is 1. The molecule has 1 aromatic carbocycles. The number of halogens is 1. The molecule has 0 saturated heterocycles. The number of aromatic nitrogens is 2. The molecule has 23 heavy (non-hydrogen) atoms. The number of nitrogens with zero attached hydrogens (tertiary/aromatic N) is 2. The van der Waals surface area contributed by atoms with Gasteiger partial charge in [0.25, 0.3) is 5.91 Å². The van der Waals surface area contributed by atoms with Crippen LogP contribution in [0.2, 0.25) is 0 Å². The van der Waals surface area contributed by atoms with E-state index in [1.165, 1.54) is 37.1 Å². The fraction of sp³-hybridized carbons (Fsp3) is 0.200. The molecule has 1 N–H and O–H groups in total. The number of carbonyl (C=O) groups is 2. The first-order chi connectivity index (χ1) is 11.0. The van der Waals surface area contributed by atoms with Gasteiger partial charge >= 0.3 is 5.97 Å². The van der Waals surface area contributed by atoms with E-state index in [0.717, 1.165) is 6.07 Å². The summed E-state index contributed by atoms with van der Waals surface area (Å²) in [6.45, 7) is 1.69. The van der Waals surface area contributed by atoms with Gasteiger partial charge in [0.05, 0.1) is 7.11 Å². The third-order valence-corrected chi connectivity index (χ3v) is 3.80. The second kappa shape index (κ2) is 7.68. The van der Waals surface area contributed by atoms with Gasteiger partial charge in [-0.2, -0.15) is 0 Å². The first-order valence-corrected chi connectivity index (χ1v) is 7.52. The first kappa shape index (κ1) is 16.9. The molecule has 0 saturated carbocycles. The lowest BCUT2D eigenvalue weighted by Gasteiger charge is -2.08. The third kappa shape index (κ3) is 4.75. The lowest BCUT2D eigenvalue weighted by atomic mass is 10.2. The van der Waals surface area contributed by atoms with Crippen molar-refractivity contribution < 1.29 is 18.7 Å². The van der Waals surface area contributed by atoms with Crippen LogP contribution in [-0.2, 0) is 9.53 Å². The largest absolute Gasteiger partial charge is 0.468 e. The second-order valence-electron chi connectivity index (χ2n) is 4.50. The van der Waals surface area contributed by atoms with E-state index < -0.39 is 17.0 Å². The average molecular weight is 335 g/mol. The summed E-state index contributed by atoms with van der Waals surface area (Å²) in [5, 5.41) is 10.4. The Labute approximate surface area is 136 Å². The summed E-state index contributed by atoms with van der Waals surface area (Å²) in [5.74, 6) is -1.11. The number of hydrogen-bond donors (Lipinski definition) is 1. The molecule has 0 spiro atoms. The Bertz CT molecular complexity index is 709. The Morgan fingerprint density at radius 3 is 2.65 bits per heavy atom. The van der Waals surface area contributed by atoms with E-state index >= 15 is 0 Å². The van der Waals surface area contributed by atoms with Gasteiger partial charge in [-0.3, -0.25) is 9.59 Å². The van der Waals surface area contributed by atoms with E-state index in [-0.39, 0.29) is 17.4 Å². The van der Waals surface area contributed by atoms with Crippen LogP contribution in [0.4, 0.5) is 10.2 Å². The standard InChI is InChI=1S/C15H14FN3O3S/c1-9(15(21)22-2)23-13-7-6-12(18-19-13)17-14(20)10-4-3-5-11(16)8-10/h3-9H,1-2H3,(H,17,18,20). The summed E-state index contributed by atoms with van der Waals surface area (Å²) in [6, 6.07) is 8.50. The number of anilines is 1. The number of thioether (sulfide) groups is 1. The zero-order chi connectivity index (χ0) is 16.8. The fourth-order valence-corrected chi connectivity index (χ4v) is 2.45. The highest BCUT2D eigenvalue weighted by Crippen LogP contribution is 2.21. The Morgan fingerprint density at radius 1 is 1.26 bits per heavy atom. The van der Waals surface area contributed by atoms with Gasteiger partial charge < -0.3 is 10.1 Å².